The van der Waals surface area contributed by atoms with E-state index in [1.54, 1.807) is 36.4 Å². The predicted octanol–water partition coefficient (Wildman–Crippen LogP) is 0.816. The molecule has 0 radical (unpaired) electrons. The first-order chi connectivity index (χ1) is 8.13. The summed E-state index contributed by atoms with van der Waals surface area (Å²) in [4.78, 5) is 33.7. The summed E-state index contributed by atoms with van der Waals surface area (Å²) in [6.45, 7) is 0. The SMILES string of the molecule is N#CCC(=O)NC(=O)CC(=O)c1ccccc1. The number of amides is 2. The maximum Gasteiger partial charge on any atom is 0.240 e. The molecule has 0 heterocycles. The van der Waals surface area contributed by atoms with Crippen LogP contribution in [0.25, 0.3) is 0 Å². The van der Waals surface area contributed by atoms with Gasteiger partial charge in [0, 0.05) is 5.56 Å². The zero-order chi connectivity index (χ0) is 12.7. The lowest BCUT2D eigenvalue weighted by molar-refractivity contribution is -0.129. The molecule has 0 aliphatic carbocycles. The van der Waals surface area contributed by atoms with Gasteiger partial charge in [0.25, 0.3) is 0 Å². The first kappa shape index (κ1) is 12.6. The van der Waals surface area contributed by atoms with Gasteiger partial charge >= 0.3 is 0 Å². The molecule has 0 unspecified atom stereocenters. The van der Waals surface area contributed by atoms with Gasteiger partial charge in [-0.05, 0) is 0 Å². The number of nitrogens with zero attached hydrogens (tertiary/aromatic N) is 1. The molecule has 86 valence electrons. The van der Waals surface area contributed by atoms with Crippen LogP contribution < -0.4 is 5.32 Å². The largest absolute Gasteiger partial charge is 0.295 e. The molecule has 0 aliphatic rings. The Labute approximate surface area is 98.0 Å². The summed E-state index contributed by atoms with van der Waals surface area (Å²) in [5, 5.41) is 10.2. The summed E-state index contributed by atoms with van der Waals surface area (Å²) in [7, 11) is 0. The number of carbonyl (C=O) groups is 3. The standard InChI is InChI=1S/C12H10N2O3/c13-7-6-11(16)14-12(17)8-10(15)9-4-2-1-3-5-9/h1-5H,6,8H2,(H,14,16,17). The number of rotatable bonds is 4. The Hall–Kier alpha value is -2.48. The van der Waals surface area contributed by atoms with Gasteiger partial charge in [0.05, 0.1) is 12.5 Å². The Morgan fingerprint density at radius 2 is 1.76 bits per heavy atom. The van der Waals surface area contributed by atoms with Gasteiger partial charge in [0.15, 0.2) is 5.78 Å². The van der Waals surface area contributed by atoms with Crippen molar-refractivity contribution in [2.24, 2.45) is 0 Å². The first-order valence-electron chi connectivity index (χ1n) is 4.91. The molecule has 0 fully saturated rings. The summed E-state index contributed by atoms with van der Waals surface area (Å²) in [6, 6.07) is 9.92. The van der Waals surface area contributed by atoms with Crippen molar-refractivity contribution >= 4 is 17.6 Å². The van der Waals surface area contributed by atoms with E-state index in [-0.39, 0.29) is 5.78 Å². The van der Waals surface area contributed by atoms with E-state index in [1.807, 2.05) is 5.32 Å². The number of ketones is 1. The summed E-state index contributed by atoms with van der Waals surface area (Å²) < 4.78 is 0. The smallest absolute Gasteiger partial charge is 0.240 e. The number of carbonyl (C=O) groups excluding carboxylic acids is 3. The highest BCUT2D eigenvalue weighted by Gasteiger charge is 2.13. The molecule has 1 rings (SSSR count). The van der Waals surface area contributed by atoms with Crippen LogP contribution in [-0.2, 0) is 9.59 Å². The van der Waals surface area contributed by atoms with Gasteiger partial charge in [-0.15, -0.1) is 0 Å². The molecule has 0 aliphatic heterocycles. The minimum Gasteiger partial charge on any atom is -0.295 e. The lowest BCUT2D eigenvalue weighted by Crippen LogP contribution is -2.31. The zero-order valence-corrected chi connectivity index (χ0v) is 8.97. The fourth-order valence-corrected chi connectivity index (χ4v) is 1.19. The Balaban J connectivity index is 2.50. The van der Waals surface area contributed by atoms with Crippen LogP contribution in [0, 0.1) is 11.3 Å². The maximum absolute atomic E-state index is 11.6. The third kappa shape index (κ3) is 4.26. The van der Waals surface area contributed by atoms with Gasteiger partial charge in [-0.25, -0.2) is 0 Å². The quantitative estimate of drug-likeness (QED) is 0.612. The minimum atomic E-state index is -0.696. The molecule has 2 amide bonds. The van der Waals surface area contributed by atoms with Crippen LogP contribution in [0.5, 0.6) is 0 Å². The van der Waals surface area contributed by atoms with Crippen molar-refractivity contribution in [2.75, 3.05) is 0 Å². The fourth-order valence-electron chi connectivity index (χ4n) is 1.19. The molecule has 0 aromatic heterocycles. The molecular formula is C12H10N2O3. The van der Waals surface area contributed by atoms with Crippen molar-refractivity contribution in [3.8, 4) is 6.07 Å². The molecule has 0 saturated carbocycles. The van der Waals surface area contributed by atoms with E-state index in [0.717, 1.165) is 0 Å². The molecule has 5 heteroatoms. The number of benzene rings is 1. The fraction of sp³-hybridized carbons (Fsp3) is 0.167. The van der Waals surface area contributed by atoms with Crippen LogP contribution in [0.15, 0.2) is 30.3 Å². The second-order valence-electron chi connectivity index (χ2n) is 3.27. The van der Waals surface area contributed by atoms with Crippen LogP contribution in [0.3, 0.4) is 0 Å². The molecule has 1 aromatic rings. The molecule has 1 aromatic carbocycles. The van der Waals surface area contributed by atoms with Gasteiger partial charge in [0.2, 0.25) is 11.8 Å². The Kier molecular flexibility index (Phi) is 4.58. The van der Waals surface area contributed by atoms with Crippen molar-refractivity contribution in [3.05, 3.63) is 35.9 Å². The number of Topliss-reactive ketones (excluding diaryl/α,β-unsaturated/α-hetero) is 1. The third-order valence-corrected chi connectivity index (χ3v) is 1.94. The predicted molar refractivity (Wildman–Crippen MR) is 58.8 cm³/mol. The minimum absolute atomic E-state index is 0.368. The number of hydrogen-bond donors (Lipinski definition) is 1. The molecule has 17 heavy (non-hydrogen) atoms. The van der Waals surface area contributed by atoms with Crippen molar-refractivity contribution in [1.29, 1.82) is 5.26 Å². The van der Waals surface area contributed by atoms with E-state index in [2.05, 4.69) is 0 Å². The van der Waals surface area contributed by atoms with E-state index in [1.165, 1.54) is 0 Å². The van der Waals surface area contributed by atoms with E-state index < -0.39 is 24.7 Å². The van der Waals surface area contributed by atoms with Crippen LogP contribution in [0.1, 0.15) is 23.2 Å². The van der Waals surface area contributed by atoms with E-state index in [9.17, 15) is 14.4 Å². The van der Waals surface area contributed by atoms with E-state index in [4.69, 9.17) is 5.26 Å². The molecule has 5 nitrogen and oxygen atoms in total. The normalized spacial score (nSPS) is 9.12. The van der Waals surface area contributed by atoms with Crippen molar-refractivity contribution in [2.45, 2.75) is 12.8 Å². The monoisotopic (exact) mass is 230 g/mol. The second-order valence-corrected chi connectivity index (χ2v) is 3.27. The molecule has 1 N–H and O–H groups in total. The third-order valence-electron chi connectivity index (χ3n) is 1.94. The Bertz CT molecular complexity index is 474. The van der Waals surface area contributed by atoms with E-state index >= 15 is 0 Å². The van der Waals surface area contributed by atoms with Gasteiger partial charge in [-0.1, -0.05) is 30.3 Å². The summed E-state index contributed by atoms with van der Waals surface area (Å²) >= 11 is 0. The second kappa shape index (κ2) is 6.18. The Morgan fingerprint density at radius 3 is 2.35 bits per heavy atom. The van der Waals surface area contributed by atoms with Crippen LogP contribution >= 0.6 is 0 Å². The van der Waals surface area contributed by atoms with E-state index in [0.29, 0.717) is 5.56 Å². The first-order valence-corrected chi connectivity index (χ1v) is 4.91. The van der Waals surface area contributed by atoms with Crippen LogP contribution in [-0.4, -0.2) is 17.6 Å². The lowest BCUT2D eigenvalue weighted by Gasteiger charge is -2.01. The highest BCUT2D eigenvalue weighted by atomic mass is 16.2. The van der Waals surface area contributed by atoms with Gasteiger partial charge in [-0.2, -0.15) is 5.26 Å². The van der Waals surface area contributed by atoms with Crippen LogP contribution in [0.2, 0.25) is 0 Å². The summed E-state index contributed by atoms with van der Waals surface area (Å²) in [6.07, 6.45) is -0.799. The van der Waals surface area contributed by atoms with Crippen molar-refractivity contribution in [3.63, 3.8) is 0 Å². The lowest BCUT2D eigenvalue weighted by atomic mass is 10.1. The average Bonchev–Trinajstić information content (AvgIpc) is 2.30. The summed E-state index contributed by atoms with van der Waals surface area (Å²) in [5.74, 6) is -1.76. The van der Waals surface area contributed by atoms with Gasteiger partial charge < -0.3 is 0 Å². The van der Waals surface area contributed by atoms with Crippen molar-refractivity contribution < 1.29 is 14.4 Å². The number of nitriles is 1. The van der Waals surface area contributed by atoms with Gasteiger partial charge in [0.1, 0.15) is 6.42 Å². The molecule has 0 spiro atoms. The van der Waals surface area contributed by atoms with Crippen LogP contribution in [0.4, 0.5) is 0 Å². The molecule has 0 saturated heterocycles. The Morgan fingerprint density at radius 1 is 1.12 bits per heavy atom. The topological polar surface area (TPSA) is 87.0 Å². The van der Waals surface area contributed by atoms with Crippen molar-refractivity contribution in [1.82, 2.24) is 5.32 Å². The molecule has 0 atom stereocenters. The molecular weight excluding hydrogens is 220 g/mol. The molecule has 0 bridgehead atoms. The average molecular weight is 230 g/mol. The number of imide groups is 1. The maximum atomic E-state index is 11.6. The number of hydrogen-bond acceptors (Lipinski definition) is 4. The summed E-state index contributed by atoms with van der Waals surface area (Å²) in [5.41, 5.74) is 0.412. The highest BCUT2D eigenvalue weighted by molar-refractivity contribution is 6.10. The van der Waals surface area contributed by atoms with Gasteiger partial charge in [-0.3, -0.25) is 19.7 Å². The number of nitrogens with one attached hydrogen (secondary N) is 1. The highest BCUT2D eigenvalue weighted by Crippen LogP contribution is 2.02. The zero-order valence-electron chi connectivity index (χ0n) is 8.97.